The molecule has 0 aromatic carbocycles. The van der Waals surface area contributed by atoms with E-state index in [1.165, 1.54) is 0 Å². The quantitative estimate of drug-likeness (QED) is 0.787. The molecule has 0 saturated carbocycles. The molecule has 0 N–H and O–H groups in total. The molecule has 4 nitrogen and oxygen atoms in total. The van der Waals surface area contributed by atoms with Gasteiger partial charge in [0.2, 0.25) is 0 Å². The Bertz CT molecular complexity index is 524. The van der Waals surface area contributed by atoms with Gasteiger partial charge in [-0.2, -0.15) is 5.10 Å². The van der Waals surface area contributed by atoms with Crippen LogP contribution in [0.25, 0.3) is 11.2 Å². The molecule has 2 rings (SSSR count). The fraction of sp³-hybridized carbons (Fsp3) is 0.667. The van der Waals surface area contributed by atoms with Crippen molar-refractivity contribution in [2.24, 2.45) is 7.05 Å². The van der Waals surface area contributed by atoms with E-state index in [-0.39, 0.29) is 0 Å². The Labute approximate surface area is 107 Å². The lowest BCUT2D eigenvalue weighted by Crippen LogP contribution is -2.10. The summed E-state index contributed by atoms with van der Waals surface area (Å²) in [4.78, 5) is 4.71. The van der Waals surface area contributed by atoms with Crippen LogP contribution in [0.3, 0.4) is 0 Å². The molecule has 0 radical (unpaired) electrons. The fourth-order valence-corrected chi connectivity index (χ4v) is 2.46. The Balaban J connectivity index is 2.71. The monoisotopic (exact) mass is 254 g/mol. The molecule has 17 heavy (non-hydrogen) atoms. The van der Waals surface area contributed by atoms with E-state index in [1.54, 1.807) is 0 Å². The molecule has 0 aliphatic heterocycles. The largest absolute Gasteiger partial charge is 0.310 e. The van der Waals surface area contributed by atoms with Crippen molar-refractivity contribution >= 4 is 22.8 Å². The number of halogens is 1. The van der Waals surface area contributed by atoms with E-state index in [0.29, 0.717) is 11.9 Å². The summed E-state index contributed by atoms with van der Waals surface area (Å²) in [5, 5.41) is 4.51. The van der Waals surface area contributed by atoms with Gasteiger partial charge in [-0.05, 0) is 20.3 Å². The SMILES string of the molecule is CCc1nn(C)c2c1nc(CCCl)n2C(C)C. The molecule has 0 amide bonds. The lowest BCUT2D eigenvalue weighted by atomic mass is 10.3. The summed E-state index contributed by atoms with van der Waals surface area (Å²) in [7, 11) is 1.98. The van der Waals surface area contributed by atoms with Crippen LogP contribution in [0.2, 0.25) is 0 Å². The van der Waals surface area contributed by atoms with Gasteiger partial charge >= 0.3 is 0 Å². The summed E-state index contributed by atoms with van der Waals surface area (Å²) in [6, 6.07) is 0.373. The third-order valence-electron chi connectivity index (χ3n) is 2.98. The number of hydrogen-bond acceptors (Lipinski definition) is 2. The minimum atomic E-state index is 0.373. The molecule has 2 heterocycles. The van der Waals surface area contributed by atoms with Crippen LogP contribution in [0, 0.1) is 0 Å². The van der Waals surface area contributed by atoms with Gasteiger partial charge in [-0.1, -0.05) is 6.92 Å². The van der Waals surface area contributed by atoms with Crippen molar-refractivity contribution in [1.82, 2.24) is 19.3 Å². The van der Waals surface area contributed by atoms with Crippen molar-refractivity contribution in [3.05, 3.63) is 11.5 Å². The van der Waals surface area contributed by atoms with Crippen LogP contribution >= 0.6 is 11.6 Å². The van der Waals surface area contributed by atoms with Gasteiger partial charge in [0, 0.05) is 25.4 Å². The number of hydrogen-bond donors (Lipinski definition) is 0. The smallest absolute Gasteiger partial charge is 0.158 e. The standard InChI is InChI=1S/C12H19ClN4/c1-5-9-11-12(16(4)15-9)17(8(2)3)10(14-11)6-7-13/h8H,5-7H2,1-4H3. The predicted octanol–water partition coefficient (Wildman–Crippen LogP) is 2.69. The lowest BCUT2D eigenvalue weighted by Gasteiger charge is -2.12. The van der Waals surface area contributed by atoms with Gasteiger partial charge in [0.05, 0.1) is 5.69 Å². The van der Waals surface area contributed by atoms with E-state index in [2.05, 4.69) is 30.4 Å². The van der Waals surface area contributed by atoms with Crippen LogP contribution in [-0.4, -0.2) is 25.2 Å². The molecule has 0 aliphatic carbocycles. The zero-order valence-electron chi connectivity index (χ0n) is 10.9. The minimum Gasteiger partial charge on any atom is -0.310 e. The highest BCUT2D eigenvalue weighted by molar-refractivity contribution is 6.17. The Morgan fingerprint density at radius 2 is 2.06 bits per heavy atom. The first kappa shape index (κ1) is 12.4. The molecule has 94 valence electrons. The zero-order valence-corrected chi connectivity index (χ0v) is 11.6. The maximum absolute atomic E-state index is 5.84. The third kappa shape index (κ3) is 1.95. The van der Waals surface area contributed by atoms with Crippen molar-refractivity contribution < 1.29 is 0 Å². The van der Waals surface area contributed by atoms with E-state index in [4.69, 9.17) is 16.6 Å². The van der Waals surface area contributed by atoms with Crippen LogP contribution < -0.4 is 0 Å². The molecule has 2 aromatic heterocycles. The molecule has 2 aromatic rings. The third-order valence-corrected chi connectivity index (χ3v) is 3.17. The van der Waals surface area contributed by atoms with E-state index < -0.39 is 0 Å². The molecule has 0 atom stereocenters. The maximum atomic E-state index is 5.84. The van der Waals surface area contributed by atoms with Crippen molar-refractivity contribution in [2.45, 2.75) is 39.7 Å². The molecular weight excluding hydrogens is 236 g/mol. The molecule has 0 bridgehead atoms. The lowest BCUT2D eigenvalue weighted by molar-refractivity contribution is 0.569. The van der Waals surface area contributed by atoms with Gasteiger partial charge in [-0.3, -0.25) is 4.68 Å². The van der Waals surface area contributed by atoms with Crippen molar-refractivity contribution in [1.29, 1.82) is 0 Å². The number of imidazole rings is 1. The van der Waals surface area contributed by atoms with Crippen molar-refractivity contribution in [2.75, 3.05) is 5.88 Å². The first-order chi connectivity index (χ1) is 8.10. The summed E-state index contributed by atoms with van der Waals surface area (Å²) in [5.74, 6) is 1.66. The van der Waals surface area contributed by atoms with E-state index >= 15 is 0 Å². The fourth-order valence-electron chi connectivity index (χ4n) is 2.29. The summed E-state index contributed by atoms with van der Waals surface area (Å²) in [6.07, 6.45) is 1.71. The van der Waals surface area contributed by atoms with Gasteiger partial charge in [-0.15, -0.1) is 11.6 Å². The number of rotatable bonds is 4. The van der Waals surface area contributed by atoms with E-state index in [1.807, 2.05) is 11.7 Å². The zero-order chi connectivity index (χ0) is 12.6. The van der Waals surface area contributed by atoms with Gasteiger partial charge < -0.3 is 4.57 Å². The molecule has 0 aliphatic rings. The molecule has 5 heteroatoms. The van der Waals surface area contributed by atoms with Gasteiger partial charge in [0.1, 0.15) is 11.3 Å². The molecule has 0 saturated heterocycles. The highest BCUT2D eigenvalue weighted by atomic mass is 35.5. The topological polar surface area (TPSA) is 35.6 Å². The molecule has 0 spiro atoms. The van der Waals surface area contributed by atoms with Crippen molar-refractivity contribution in [3.63, 3.8) is 0 Å². The second kappa shape index (κ2) is 4.69. The van der Waals surface area contributed by atoms with Crippen LogP contribution in [-0.2, 0) is 19.9 Å². The number of aromatic nitrogens is 4. The summed E-state index contributed by atoms with van der Waals surface area (Å²) >= 11 is 5.84. The van der Waals surface area contributed by atoms with Crippen LogP contribution in [0.1, 0.15) is 38.3 Å². The van der Waals surface area contributed by atoms with Crippen LogP contribution in [0.4, 0.5) is 0 Å². The van der Waals surface area contributed by atoms with E-state index in [0.717, 1.165) is 35.5 Å². The average molecular weight is 255 g/mol. The molecular formula is C12H19ClN4. The molecule has 0 unspecified atom stereocenters. The number of nitrogens with zero attached hydrogens (tertiary/aromatic N) is 4. The highest BCUT2D eigenvalue weighted by Gasteiger charge is 2.19. The predicted molar refractivity (Wildman–Crippen MR) is 70.7 cm³/mol. The Morgan fingerprint density at radius 1 is 1.35 bits per heavy atom. The first-order valence-corrected chi connectivity index (χ1v) is 6.62. The first-order valence-electron chi connectivity index (χ1n) is 6.08. The second-order valence-corrected chi connectivity index (χ2v) is 4.90. The van der Waals surface area contributed by atoms with Crippen LogP contribution in [0.5, 0.6) is 0 Å². The average Bonchev–Trinajstić information content (AvgIpc) is 2.77. The van der Waals surface area contributed by atoms with Gasteiger partial charge in [0.15, 0.2) is 5.65 Å². The number of fused-ring (bicyclic) bond motifs is 1. The summed E-state index contributed by atoms with van der Waals surface area (Å²) < 4.78 is 4.17. The van der Waals surface area contributed by atoms with E-state index in [9.17, 15) is 0 Å². The second-order valence-electron chi connectivity index (χ2n) is 4.53. The van der Waals surface area contributed by atoms with Crippen LogP contribution in [0.15, 0.2) is 0 Å². The summed E-state index contributed by atoms with van der Waals surface area (Å²) in [5.41, 5.74) is 3.21. The van der Waals surface area contributed by atoms with Crippen molar-refractivity contribution in [3.8, 4) is 0 Å². The minimum absolute atomic E-state index is 0.373. The Hall–Kier alpha value is -1.03. The Kier molecular flexibility index (Phi) is 3.43. The Morgan fingerprint density at radius 3 is 2.59 bits per heavy atom. The summed E-state index contributed by atoms with van der Waals surface area (Å²) in [6.45, 7) is 6.44. The maximum Gasteiger partial charge on any atom is 0.158 e. The van der Waals surface area contributed by atoms with Gasteiger partial charge in [0.25, 0.3) is 0 Å². The normalized spacial score (nSPS) is 11.9. The molecule has 0 fully saturated rings. The number of aryl methyl sites for hydroxylation is 3. The number of alkyl halides is 1. The highest BCUT2D eigenvalue weighted by Crippen LogP contribution is 2.24. The van der Waals surface area contributed by atoms with Gasteiger partial charge in [-0.25, -0.2) is 4.98 Å².